The number of H-pyrrole nitrogens is 1. The summed E-state index contributed by atoms with van der Waals surface area (Å²) in [7, 11) is -10.9. The van der Waals surface area contributed by atoms with Gasteiger partial charge in [0, 0.05) is 12.3 Å². The Balaban J connectivity index is 1.59. The Hall–Kier alpha value is -1.34. The SMILES string of the molecule is O=c1ccn([C@@H]2O[C@H](COP(=O)(O)OP(=O)(O)O[C@H]3OC[C@@H](O)[C@@H](O)C3O)[C@H](O)C2O)c(=O)[nH]1. The van der Waals surface area contributed by atoms with Crippen LogP contribution in [0.2, 0.25) is 0 Å². The molecule has 8 N–H and O–H groups in total. The molecule has 2 fully saturated rings. The Morgan fingerprint density at radius 1 is 1.03 bits per heavy atom. The molecule has 2 saturated heterocycles. The van der Waals surface area contributed by atoms with E-state index in [1.165, 1.54) is 0 Å². The molecule has 0 spiro atoms. The lowest BCUT2D eigenvalue weighted by Gasteiger charge is -2.35. The van der Waals surface area contributed by atoms with Gasteiger partial charge in [0.05, 0.1) is 13.2 Å². The van der Waals surface area contributed by atoms with Crippen LogP contribution in [0.4, 0.5) is 0 Å². The lowest BCUT2D eigenvalue weighted by molar-refractivity contribution is -0.245. The molecule has 10 atom stereocenters. The minimum absolute atomic E-state index is 0.602. The highest BCUT2D eigenvalue weighted by atomic mass is 31.3. The normalized spacial score (nSPS) is 37.7. The Morgan fingerprint density at radius 2 is 1.71 bits per heavy atom. The van der Waals surface area contributed by atoms with E-state index in [-0.39, 0.29) is 0 Å². The zero-order valence-corrected chi connectivity index (χ0v) is 18.6. The number of ether oxygens (including phenoxy) is 2. The number of nitrogens with one attached hydrogen (secondary N) is 1. The van der Waals surface area contributed by atoms with Crippen LogP contribution in [0, 0.1) is 0 Å². The average molecular weight is 536 g/mol. The zero-order valence-electron chi connectivity index (χ0n) is 16.8. The first-order valence-corrected chi connectivity index (χ1v) is 12.4. The number of phosphoric acid groups is 2. The molecule has 0 saturated carbocycles. The number of aliphatic hydroxyl groups is 5. The second-order valence-electron chi connectivity index (χ2n) is 7.23. The summed E-state index contributed by atoms with van der Waals surface area (Å²) in [4.78, 5) is 44.3. The second kappa shape index (κ2) is 10.3. The molecule has 1 aromatic heterocycles. The molecule has 20 heteroatoms. The number of phosphoric ester groups is 2. The number of nitrogens with zero attached hydrogens (tertiary/aromatic N) is 1. The predicted octanol–water partition coefficient (Wildman–Crippen LogP) is -4.15. The largest absolute Gasteiger partial charge is 0.483 e. The molecule has 0 radical (unpaired) electrons. The van der Waals surface area contributed by atoms with Gasteiger partial charge in [-0.25, -0.2) is 13.9 Å². The monoisotopic (exact) mass is 536 g/mol. The Kier molecular flexibility index (Phi) is 8.28. The molecule has 18 nitrogen and oxygen atoms in total. The first-order valence-electron chi connectivity index (χ1n) is 9.39. The molecular weight excluding hydrogens is 514 g/mol. The number of hydrogen-bond donors (Lipinski definition) is 8. The van der Waals surface area contributed by atoms with Crippen LogP contribution in [0.5, 0.6) is 0 Å². The zero-order chi connectivity index (χ0) is 25.4. The Labute approximate surface area is 188 Å². The summed E-state index contributed by atoms with van der Waals surface area (Å²) in [6.45, 7) is -1.59. The van der Waals surface area contributed by atoms with Crippen molar-refractivity contribution >= 4 is 15.6 Å². The van der Waals surface area contributed by atoms with Crippen LogP contribution in [-0.4, -0.2) is 101 Å². The molecule has 1 aromatic rings. The standard InChI is InChI=1S/C14H22N2O16P2/c17-5-3-28-13(11(22)8(5)19)31-34(26,27)32-33(24,25)29-4-6-9(20)10(21)12(30-6)16-2-1-7(18)15-14(16)23/h1-2,5-6,8-13,17,19-22H,3-4H2,(H,24,25)(H,26,27)(H,15,18,23)/t5-,6-,8-,9+,10?,11?,12-,13-/m1/s1. The van der Waals surface area contributed by atoms with Crippen molar-refractivity contribution in [3.63, 3.8) is 0 Å². The molecule has 3 heterocycles. The molecule has 194 valence electrons. The maximum atomic E-state index is 12.1. The fourth-order valence-corrected chi connectivity index (χ4v) is 5.24. The summed E-state index contributed by atoms with van der Waals surface area (Å²) in [6.07, 6.45) is -13.0. The lowest BCUT2D eigenvalue weighted by atomic mass is 10.1. The minimum atomic E-state index is -5.47. The summed E-state index contributed by atoms with van der Waals surface area (Å²) in [5, 5.41) is 48.8. The van der Waals surface area contributed by atoms with E-state index in [0.717, 1.165) is 16.8 Å². The van der Waals surface area contributed by atoms with Crippen molar-refractivity contribution in [3.05, 3.63) is 33.1 Å². The Morgan fingerprint density at radius 3 is 2.35 bits per heavy atom. The number of aliphatic hydroxyl groups excluding tert-OH is 5. The average Bonchev–Trinajstić information content (AvgIpc) is 3.00. The summed E-state index contributed by atoms with van der Waals surface area (Å²) in [5.74, 6) is 0. The van der Waals surface area contributed by atoms with E-state index in [4.69, 9.17) is 9.47 Å². The van der Waals surface area contributed by atoms with Crippen LogP contribution in [0.3, 0.4) is 0 Å². The third-order valence-corrected chi connectivity index (χ3v) is 7.36. The summed E-state index contributed by atoms with van der Waals surface area (Å²) in [6, 6.07) is 0.939. The second-order valence-corrected chi connectivity index (χ2v) is 10.2. The molecule has 0 aliphatic carbocycles. The van der Waals surface area contributed by atoms with Crippen molar-refractivity contribution in [1.29, 1.82) is 0 Å². The van der Waals surface area contributed by atoms with Crippen LogP contribution in [0.25, 0.3) is 0 Å². The number of aromatic amines is 1. The Bertz CT molecular complexity index is 1080. The van der Waals surface area contributed by atoms with Gasteiger partial charge in [0.1, 0.15) is 36.6 Å². The third-order valence-electron chi connectivity index (χ3n) is 4.76. The van der Waals surface area contributed by atoms with Crippen molar-refractivity contribution in [2.75, 3.05) is 13.2 Å². The van der Waals surface area contributed by atoms with Crippen LogP contribution in [0.15, 0.2) is 21.9 Å². The van der Waals surface area contributed by atoms with Gasteiger partial charge in [0.25, 0.3) is 5.56 Å². The van der Waals surface area contributed by atoms with Crippen LogP contribution in [-0.2, 0) is 32.0 Å². The topological polar surface area (TPSA) is 277 Å². The number of rotatable bonds is 8. The van der Waals surface area contributed by atoms with Crippen molar-refractivity contribution in [3.8, 4) is 0 Å². The van der Waals surface area contributed by atoms with E-state index < -0.39 is 89.2 Å². The van der Waals surface area contributed by atoms with Gasteiger partial charge >= 0.3 is 21.3 Å². The summed E-state index contributed by atoms with van der Waals surface area (Å²) < 4.78 is 47.7. The fourth-order valence-electron chi connectivity index (χ4n) is 3.07. The van der Waals surface area contributed by atoms with E-state index in [1.54, 1.807) is 0 Å². The highest BCUT2D eigenvalue weighted by molar-refractivity contribution is 7.61. The van der Waals surface area contributed by atoms with Gasteiger partial charge in [-0.1, -0.05) is 0 Å². The first-order chi connectivity index (χ1) is 15.7. The van der Waals surface area contributed by atoms with E-state index >= 15 is 0 Å². The van der Waals surface area contributed by atoms with Crippen molar-refractivity contribution < 1.29 is 67.3 Å². The fraction of sp³-hybridized carbons (Fsp3) is 0.714. The first kappa shape index (κ1) is 27.3. The van der Waals surface area contributed by atoms with Gasteiger partial charge in [0.2, 0.25) is 0 Å². The van der Waals surface area contributed by atoms with Gasteiger partial charge < -0.3 is 44.8 Å². The number of hydrogen-bond acceptors (Lipinski definition) is 14. The number of aromatic nitrogens is 2. The summed E-state index contributed by atoms with van der Waals surface area (Å²) >= 11 is 0. The highest BCUT2D eigenvalue weighted by Gasteiger charge is 2.47. The van der Waals surface area contributed by atoms with Crippen molar-refractivity contribution in [2.24, 2.45) is 0 Å². The lowest BCUT2D eigenvalue weighted by Crippen LogP contribution is -2.53. The van der Waals surface area contributed by atoms with Gasteiger partial charge in [-0.3, -0.25) is 23.4 Å². The smallest absolute Gasteiger partial charge is 0.388 e. The maximum absolute atomic E-state index is 12.1. The maximum Gasteiger partial charge on any atom is 0.483 e. The van der Waals surface area contributed by atoms with Gasteiger partial charge in [-0.15, -0.1) is 0 Å². The quantitative estimate of drug-likeness (QED) is 0.146. The predicted molar refractivity (Wildman–Crippen MR) is 103 cm³/mol. The van der Waals surface area contributed by atoms with Crippen molar-refractivity contribution in [1.82, 2.24) is 9.55 Å². The van der Waals surface area contributed by atoms with E-state index in [1.807, 2.05) is 4.98 Å². The van der Waals surface area contributed by atoms with Gasteiger partial charge in [0.15, 0.2) is 12.5 Å². The van der Waals surface area contributed by atoms with E-state index in [2.05, 4.69) is 13.4 Å². The van der Waals surface area contributed by atoms with E-state index in [0.29, 0.717) is 0 Å². The molecule has 2 aliphatic rings. The molecule has 3 rings (SSSR count). The summed E-state index contributed by atoms with van der Waals surface area (Å²) in [5.41, 5.74) is -1.72. The van der Waals surface area contributed by atoms with Crippen LogP contribution < -0.4 is 11.2 Å². The van der Waals surface area contributed by atoms with Crippen LogP contribution in [0.1, 0.15) is 6.23 Å². The molecular formula is C14H22N2O16P2. The third kappa shape index (κ3) is 6.26. The van der Waals surface area contributed by atoms with Crippen molar-refractivity contribution in [2.45, 2.75) is 49.1 Å². The van der Waals surface area contributed by atoms with Gasteiger partial charge in [-0.2, -0.15) is 4.31 Å². The minimum Gasteiger partial charge on any atom is -0.388 e. The molecule has 0 amide bonds. The van der Waals surface area contributed by atoms with Crippen LogP contribution >= 0.6 is 15.6 Å². The molecule has 4 unspecified atom stereocenters. The highest BCUT2D eigenvalue weighted by Crippen LogP contribution is 2.61. The molecule has 34 heavy (non-hydrogen) atoms. The van der Waals surface area contributed by atoms with E-state index in [9.17, 15) is 54.0 Å². The molecule has 0 bridgehead atoms. The molecule has 0 aromatic carbocycles. The molecule has 2 aliphatic heterocycles. The van der Waals surface area contributed by atoms with Gasteiger partial charge in [-0.05, 0) is 0 Å².